The molecule has 1 saturated carbocycles. The number of amides is 1. The first-order valence-electron chi connectivity index (χ1n) is 12.3. The van der Waals surface area contributed by atoms with Crippen molar-refractivity contribution >= 4 is 35.1 Å². The van der Waals surface area contributed by atoms with E-state index in [1.165, 1.54) is 6.92 Å². The zero-order chi connectivity index (χ0) is 26.1. The van der Waals surface area contributed by atoms with Crippen LogP contribution in [0.4, 0.5) is 0 Å². The molecule has 1 amide bonds. The van der Waals surface area contributed by atoms with Gasteiger partial charge in [-0.1, -0.05) is 41.4 Å². The molecule has 0 radical (unpaired) electrons. The molecule has 1 aliphatic heterocycles. The number of methoxy groups -OCH3 is 1. The van der Waals surface area contributed by atoms with Gasteiger partial charge in [-0.05, 0) is 74.7 Å². The smallest absolute Gasteiger partial charge is 0.308 e. The number of ether oxygens (including phenoxy) is 2. The molecule has 0 bridgehead atoms. The standard InChI is InChI=1S/C28H34Cl2N2O4/c1-19(33)36-23-7-5-6-21(16-23)27-12-13-31(2)18-28(27,35-4)11-10-22(17-27)32(3)26(34)15-20-8-9-24(29)25(30)14-20/h5-9,14,16,22H,10-13,15,17-18H2,1-4H3. The van der Waals surface area contributed by atoms with E-state index in [-0.39, 0.29) is 29.8 Å². The second-order valence-corrected chi connectivity index (χ2v) is 11.0. The Bertz CT molecular complexity index is 1140. The number of hydrogen-bond donors (Lipinski definition) is 0. The molecule has 4 rings (SSSR count). The number of likely N-dealkylation sites (N-methyl/N-ethyl adjacent to an activating group) is 2. The molecule has 2 aromatic carbocycles. The number of piperidine rings is 1. The minimum absolute atomic E-state index is 0.0417. The fourth-order valence-corrected chi connectivity index (χ4v) is 6.50. The normalized spacial score (nSPS) is 26.2. The van der Waals surface area contributed by atoms with E-state index >= 15 is 0 Å². The molecule has 194 valence electrons. The summed E-state index contributed by atoms with van der Waals surface area (Å²) in [6.07, 6.45) is 3.57. The molecule has 0 N–H and O–H groups in total. The lowest BCUT2D eigenvalue weighted by Crippen LogP contribution is -2.67. The van der Waals surface area contributed by atoms with Crippen molar-refractivity contribution in [3.63, 3.8) is 0 Å². The minimum atomic E-state index is -0.404. The van der Waals surface area contributed by atoms with Gasteiger partial charge in [0.25, 0.3) is 0 Å². The minimum Gasteiger partial charge on any atom is -0.427 e. The molecule has 2 fully saturated rings. The van der Waals surface area contributed by atoms with Crippen LogP contribution in [0, 0.1) is 0 Å². The third kappa shape index (κ3) is 5.14. The Balaban J connectivity index is 1.65. The topological polar surface area (TPSA) is 59.1 Å². The van der Waals surface area contributed by atoms with E-state index in [1.54, 1.807) is 25.3 Å². The van der Waals surface area contributed by atoms with Gasteiger partial charge in [0.05, 0.1) is 22.1 Å². The van der Waals surface area contributed by atoms with Gasteiger partial charge in [0.2, 0.25) is 5.91 Å². The van der Waals surface area contributed by atoms with Gasteiger partial charge in [-0.15, -0.1) is 0 Å². The number of carbonyl (C=O) groups is 2. The lowest BCUT2D eigenvalue weighted by Gasteiger charge is -2.60. The van der Waals surface area contributed by atoms with Gasteiger partial charge in [-0.2, -0.15) is 0 Å². The monoisotopic (exact) mass is 532 g/mol. The second kappa shape index (κ2) is 10.7. The number of esters is 1. The second-order valence-electron chi connectivity index (χ2n) is 10.2. The van der Waals surface area contributed by atoms with Crippen LogP contribution in [-0.2, 0) is 26.2 Å². The first-order valence-corrected chi connectivity index (χ1v) is 13.1. The molecule has 8 heteroatoms. The van der Waals surface area contributed by atoms with Crippen LogP contribution in [0.25, 0.3) is 0 Å². The predicted octanol–water partition coefficient (Wildman–Crippen LogP) is 5.13. The fraction of sp³-hybridized carbons (Fsp3) is 0.500. The highest BCUT2D eigenvalue weighted by molar-refractivity contribution is 6.42. The Hall–Kier alpha value is -2.12. The molecule has 2 aliphatic rings. The SMILES string of the molecule is COC12CCC(N(C)C(=O)Cc3ccc(Cl)c(Cl)c3)CC1(c1cccc(OC(C)=O)c1)CCN(C)C2. The maximum absolute atomic E-state index is 13.3. The number of fused-ring (bicyclic) bond motifs is 1. The molecular formula is C28H34Cl2N2O4. The van der Waals surface area contributed by atoms with Gasteiger partial charge in [0, 0.05) is 39.1 Å². The van der Waals surface area contributed by atoms with E-state index in [2.05, 4.69) is 18.0 Å². The van der Waals surface area contributed by atoms with Crippen molar-refractivity contribution in [1.82, 2.24) is 9.80 Å². The maximum Gasteiger partial charge on any atom is 0.308 e. The third-order valence-corrected chi connectivity index (χ3v) is 8.84. The van der Waals surface area contributed by atoms with Crippen molar-refractivity contribution in [2.24, 2.45) is 0 Å². The molecule has 1 heterocycles. The summed E-state index contributed by atoms with van der Waals surface area (Å²) in [7, 11) is 5.81. The van der Waals surface area contributed by atoms with Crippen LogP contribution in [0.3, 0.4) is 0 Å². The van der Waals surface area contributed by atoms with Crippen molar-refractivity contribution in [2.75, 3.05) is 34.3 Å². The van der Waals surface area contributed by atoms with Crippen LogP contribution in [0.2, 0.25) is 10.0 Å². The average molecular weight is 533 g/mol. The van der Waals surface area contributed by atoms with Crippen LogP contribution < -0.4 is 4.74 Å². The van der Waals surface area contributed by atoms with Gasteiger partial charge in [0.1, 0.15) is 5.75 Å². The highest BCUT2D eigenvalue weighted by Crippen LogP contribution is 2.54. The molecule has 2 aromatic rings. The summed E-state index contributed by atoms with van der Waals surface area (Å²) in [6.45, 7) is 3.12. The Labute approximate surface area is 223 Å². The predicted molar refractivity (Wildman–Crippen MR) is 142 cm³/mol. The van der Waals surface area contributed by atoms with E-state index in [1.807, 2.05) is 30.1 Å². The van der Waals surface area contributed by atoms with Gasteiger partial charge >= 0.3 is 5.97 Å². The van der Waals surface area contributed by atoms with E-state index < -0.39 is 5.60 Å². The van der Waals surface area contributed by atoms with Crippen molar-refractivity contribution in [1.29, 1.82) is 0 Å². The van der Waals surface area contributed by atoms with Gasteiger partial charge in [0.15, 0.2) is 0 Å². The summed E-state index contributed by atoms with van der Waals surface area (Å²) in [5, 5.41) is 0.926. The van der Waals surface area contributed by atoms with Crippen molar-refractivity contribution in [3.8, 4) is 5.75 Å². The van der Waals surface area contributed by atoms with E-state index in [0.29, 0.717) is 15.8 Å². The van der Waals surface area contributed by atoms with Crippen LogP contribution in [0.15, 0.2) is 42.5 Å². The third-order valence-electron chi connectivity index (χ3n) is 8.10. The van der Waals surface area contributed by atoms with Crippen LogP contribution in [-0.4, -0.2) is 67.6 Å². The maximum atomic E-state index is 13.3. The Kier molecular flexibility index (Phi) is 8.01. The highest BCUT2D eigenvalue weighted by Gasteiger charge is 2.59. The number of benzene rings is 2. The summed E-state index contributed by atoms with van der Waals surface area (Å²) in [5.74, 6) is 0.227. The van der Waals surface area contributed by atoms with E-state index in [4.69, 9.17) is 32.7 Å². The molecule has 3 atom stereocenters. The highest BCUT2D eigenvalue weighted by atomic mass is 35.5. The lowest BCUT2D eigenvalue weighted by atomic mass is 9.55. The fourth-order valence-electron chi connectivity index (χ4n) is 6.18. The first-order chi connectivity index (χ1) is 17.1. The summed E-state index contributed by atoms with van der Waals surface area (Å²) in [6, 6.07) is 13.2. The van der Waals surface area contributed by atoms with E-state index in [0.717, 1.165) is 49.9 Å². The van der Waals surface area contributed by atoms with Crippen molar-refractivity contribution < 1.29 is 19.1 Å². The Morgan fingerprint density at radius 3 is 2.61 bits per heavy atom. The van der Waals surface area contributed by atoms with Gasteiger partial charge in [-0.25, -0.2) is 0 Å². The zero-order valence-corrected chi connectivity index (χ0v) is 22.9. The number of carbonyl (C=O) groups excluding carboxylic acids is 2. The molecule has 1 saturated heterocycles. The Morgan fingerprint density at radius 1 is 1.14 bits per heavy atom. The van der Waals surface area contributed by atoms with Gasteiger partial charge < -0.3 is 19.3 Å². The van der Waals surface area contributed by atoms with Crippen LogP contribution >= 0.6 is 23.2 Å². The largest absolute Gasteiger partial charge is 0.427 e. The molecule has 6 nitrogen and oxygen atoms in total. The number of hydrogen-bond acceptors (Lipinski definition) is 5. The van der Waals surface area contributed by atoms with Gasteiger partial charge in [-0.3, -0.25) is 9.59 Å². The van der Waals surface area contributed by atoms with Crippen molar-refractivity contribution in [2.45, 2.75) is 56.1 Å². The molecule has 36 heavy (non-hydrogen) atoms. The number of nitrogens with zero attached hydrogens (tertiary/aromatic N) is 2. The molecule has 3 unspecified atom stereocenters. The van der Waals surface area contributed by atoms with Crippen molar-refractivity contribution in [3.05, 3.63) is 63.6 Å². The number of halogens is 2. The average Bonchev–Trinajstić information content (AvgIpc) is 2.85. The molecule has 0 aromatic heterocycles. The van der Waals surface area contributed by atoms with Crippen LogP contribution in [0.5, 0.6) is 5.75 Å². The van der Waals surface area contributed by atoms with E-state index in [9.17, 15) is 9.59 Å². The molecule has 0 spiro atoms. The number of rotatable bonds is 6. The van der Waals surface area contributed by atoms with Crippen LogP contribution in [0.1, 0.15) is 43.7 Å². The Morgan fingerprint density at radius 2 is 1.92 bits per heavy atom. The summed E-state index contributed by atoms with van der Waals surface area (Å²) >= 11 is 12.2. The molecular weight excluding hydrogens is 499 g/mol. The first kappa shape index (κ1) is 26.9. The summed E-state index contributed by atoms with van der Waals surface area (Å²) < 4.78 is 11.8. The number of likely N-dealkylation sites (tertiary alicyclic amines) is 1. The lowest BCUT2D eigenvalue weighted by molar-refractivity contribution is -0.157. The zero-order valence-electron chi connectivity index (χ0n) is 21.4. The summed E-state index contributed by atoms with van der Waals surface area (Å²) in [5.41, 5.74) is 1.20. The summed E-state index contributed by atoms with van der Waals surface area (Å²) in [4.78, 5) is 29.2. The molecule has 1 aliphatic carbocycles. The quantitative estimate of drug-likeness (QED) is 0.381.